The lowest BCUT2D eigenvalue weighted by molar-refractivity contribution is 0.560. The van der Waals surface area contributed by atoms with Gasteiger partial charge < -0.3 is 11.1 Å². The van der Waals surface area contributed by atoms with Crippen molar-refractivity contribution < 1.29 is 8.42 Å². The van der Waals surface area contributed by atoms with Gasteiger partial charge in [-0.1, -0.05) is 6.07 Å². The van der Waals surface area contributed by atoms with Crippen LogP contribution in [0.4, 0.5) is 0 Å². The van der Waals surface area contributed by atoms with Gasteiger partial charge in [0.25, 0.3) is 0 Å². The number of nitrogens with zero attached hydrogens (tertiary/aromatic N) is 1. The van der Waals surface area contributed by atoms with Crippen molar-refractivity contribution in [1.82, 2.24) is 5.32 Å². The predicted molar refractivity (Wildman–Crippen MR) is 86.1 cm³/mol. The minimum atomic E-state index is -3.14. The third-order valence-electron chi connectivity index (χ3n) is 2.83. The number of nitrogens with one attached hydrogen (secondary N) is 1. The molecule has 20 heavy (non-hydrogen) atoms. The van der Waals surface area contributed by atoms with E-state index in [2.05, 4.69) is 16.4 Å². The molecule has 1 aromatic heterocycles. The van der Waals surface area contributed by atoms with E-state index in [1.54, 1.807) is 32.1 Å². The van der Waals surface area contributed by atoms with Crippen molar-refractivity contribution >= 4 is 27.1 Å². The van der Waals surface area contributed by atoms with E-state index in [0.29, 0.717) is 12.5 Å². The zero-order valence-corrected chi connectivity index (χ0v) is 13.9. The Morgan fingerprint density at radius 1 is 1.45 bits per heavy atom. The van der Waals surface area contributed by atoms with Gasteiger partial charge in [-0.15, -0.1) is 11.3 Å². The number of thiophene rings is 1. The Hall–Kier alpha value is -1.08. The van der Waals surface area contributed by atoms with Gasteiger partial charge in [0.15, 0.2) is 15.8 Å². The highest BCUT2D eigenvalue weighted by atomic mass is 32.2. The molecule has 0 bridgehead atoms. The molecule has 0 aliphatic rings. The Kier molecular flexibility index (Phi) is 6.01. The van der Waals surface area contributed by atoms with Crippen molar-refractivity contribution in [1.29, 1.82) is 0 Å². The van der Waals surface area contributed by atoms with Crippen LogP contribution in [-0.2, 0) is 16.3 Å². The van der Waals surface area contributed by atoms with Crippen LogP contribution >= 0.6 is 11.3 Å². The lowest BCUT2D eigenvalue weighted by Gasteiger charge is -2.18. The first-order valence-electron chi connectivity index (χ1n) is 6.51. The smallest absolute Gasteiger partial charge is 0.188 e. The summed E-state index contributed by atoms with van der Waals surface area (Å²) in [5.41, 5.74) is 5.70. The van der Waals surface area contributed by atoms with Gasteiger partial charge in [-0.3, -0.25) is 4.99 Å². The second kappa shape index (κ2) is 7.08. The molecular weight excluding hydrogens is 294 g/mol. The SMILES string of the molecule is CC(C)(C)S(=O)(=O)CCN=C(N)NCCc1cccs1. The maximum atomic E-state index is 11.9. The Balaban J connectivity index is 2.32. The summed E-state index contributed by atoms with van der Waals surface area (Å²) in [6.07, 6.45) is 0.883. The number of sulfone groups is 1. The molecule has 0 aliphatic heterocycles. The van der Waals surface area contributed by atoms with Gasteiger partial charge in [0.2, 0.25) is 0 Å². The number of hydrogen-bond acceptors (Lipinski definition) is 4. The van der Waals surface area contributed by atoms with E-state index >= 15 is 0 Å². The van der Waals surface area contributed by atoms with Crippen molar-refractivity contribution in [2.45, 2.75) is 31.9 Å². The van der Waals surface area contributed by atoms with Crippen molar-refractivity contribution in [3.63, 3.8) is 0 Å². The summed E-state index contributed by atoms with van der Waals surface area (Å²) in [5.74, 6) is 0.315. The second-order valence-corrected chi connectivity index (χ2v) is 9.35. The topological polar surface area (TPSA) is 84.5 Å². The third kappa shape index (κ3) is 5.50. The van der Waals surface area contributed by atoms with Gasteiger partial charge in [-0.25, -0.2) is 8.42 Å². The first-order chi connectivity index (χ1) is 9.22. The third-order valence-corrected chi connectivity index (χ3v) is 6.36. The predicted octanol–water partition coefficient (Wildman–Crippen LogP) is 1.41. The fourth-order valence-corrected chi connectivity index (χ4v) is 3.07. The molecule has 3 N–H and O–H groups in total. The Labute approximate surface area is 125 Å². The van der Waals surface area contributed by atoms with E-state index in [1.165, 1.54) is 4.88 Å². The summed E-state index contributed by atoms with van der Waals surface area (Å²) >= 11 is 1.70. The van der Waals surface area contributed by atoms with Crippen molar-refractivity contribution in [2.24, 2.45) is 10.7 Å². The van der Waals surface area contributed by atoms with Crippen molar-refractivity contribution in [3.8, 4) is 0 Å². The van der Waals surface area contributed by atoms with Gasteiger partial charge in [0.05, 0.1) is 17.0 Å². The van der Waals surface area contributed by atoms with E-state index < -0.39 is 14.6 Å². The molecule has 0 radical (unpaired) electrons. The summed E-state index contributed by atoms with van der Waals surface area (Å²) < 4.78 is 23.0. The van der Waals surface area contributed by atoms with Gasteiger partial charge in [0.1, 0.15) is 0 Å². The van der Waals surface area contributed by atoms with Crippen molar-refractivity contribution in [3.05, 3.63) is 22.4 Å². The first kappa shape index (κ1) is 17.0. The number of hydrogen-bond donors (Lipinski definition) is 2. The molecule has 0 atom stereocenters. The molecule has 0 amide bonds. The molecular formula is C13H23N3O2S2. The Bertz CT molecular complexity index is 528. The molecule has 5 nitrogen and oxygen atoms in total. The first-order valence-corrected chi connectivity index (χ1v) is 9.04. The van der Waals surface area contributed by atoms with Crippen LogP contribution < -0.4 is 11.1 Å². The number of guanidine groups is 1. The van der Waals surface area contributed by atoms with Crippen LogP contribution in [0.15, 0.2) is 22.5 Å². The van der Waals surface area contributed by atoms with Crippen LogP contribution in [0, 0.1) is 0 Å². The highest BCUT2D eigenvalue weighted by Crippen LogP contribution is 2.15. The van der Waals surface area contributed by atoms with Crippen LogP contribution in [0.5, 0.6) is 0 Å². The fourth-order valence-electron chi connectivity index (χ4n) is 1.42. The monoisotopic (exact) mass is 317 g/mol. The van der Waals surface area contributed by atoms with Gasteiger partial charge in [-0.05, 0) is 38.6 Å². The van der Waals surface area contributed by atoms with Gasteiger partial charge >= 0.3 is 0 Å². The highest BCUT2D eigenvalue weighted by molar-refractivity contribution is 7.92. The molecule has 1 aromatic rings. The van der Waals surface area contributed by atoms with Gasteiger partial charge in [0, 0.05) is 11.4 Å². The van der Waals surface area contributed by atoms with Crippen LogP contribution in [0.2, 0.25) is 0 Å². The van der Waals surface area contributed by atoms with Crippen LogP contribution in [-0.4, -0.2) is 38.0 Å². The summed E-state index contributed by atoms with van der Waals surface area (Å²) in [6, 6.07) is 4.07. The van der Waals surface area contributed by atoms with Crippen LogP contribution in [0.3, 0.4) is 0 Å². The Morgan fingerprint density at radius 2 is 2.15 bits per heavy atom. The number of rotatable bonds is 6. The lowest BCUT2D eigenvalue weighted by atomic mass is 10.3. The summed E-state index contributed by atoms with van der Waals surface area (Å²) in [4.78, 5) is 5.33. The summed E-state index contributed by atoms with van der Waals surface area (Å²) in [6.45, 7) is 5.96. The quantitative estimate of drug-likeness (QED) is 0.614. The molecule has 0 spiro atoms. The van der Waals surface area contributed by atoms with Crippen LogP contribution in [0.25, 0.3) is 0 Å². The number of nitrogens with two attached hydrogens (primary N) is 1. The molecule has 1 heterocycles. The lowest BCUT2D eigenvalue weighted by Crippen LogP contribution is -2.35. The maximum absolute atomic E-state index is 11.9. The summed E-state index contributed by atoms with van der Waals surface area (Å²) in [7, 11) is -3.14. The number of aliphatic imine (C=N–C) groups is 1. The van der Waals surface area contributed by atoms with Gasteiger partial charge in [-0.2, -0.15) is 0 Å². The van der Waals surface area contributed by atoms with E-state index in [4.69, 9.17) is 5.73 Å². The fraction of sp³-hybridized carbons (Fsp3) is 0.615. The Morgan fingerprint density at radius 3 is 2.70 bits per heavy atom. The van der Waals surface area contributed by atoms with E-state index in [1.807, 2.05) is 11.4 Å². The molecule has 7 heteroatoms. The van der Waals surface area contributed by atoms with E-state index in [9.17, 15) is 8.42 Å². The second-order valence-electron chi connectivity index (χ2n) is 5.45. The largest absolute Gasteiger partial charge is 0.370 e. The molecule has 0 aliphatic carbocycles. The standard InChI is InChI=1S/C13H23N3O2S2/c1-13(2,3)20(17,18)10-8-16-12(14)15-7-6-11-5-4-9-19-11/h4-5,9H,6-8,10H2,1-3H3,(H3,14,15,16). The van der Waals surface area contributed by atoms with Crippen molar-refractivity contribution in [2.75, 3.05) is 18.8 Å². The normalized spacial score (nSPS) is 13.4. The average Bonchev–Trinajstić information content (AvgIpc) is 2.80. The molecule has 114 valence electrons. The molecule has 0 saturated carbocycles. The minimum absolute atomic E-state index is 0.0177. The molecule has 0 aromatic carbocycles. The van der Waals surface area contributed by atoms with Crippen LogP contribution in [0.1, 0.15) is 25.6 Å². The van der Waals surface area contributed by atoms with E-state index in [-0.39, 0.29) is 12.3 Å². The minimum Gasteiger partial charge on any atom is -0.370 e. The zero-order chi connectivity index (χ0) is 15.2. The molecule has 0 fully saturated rings. The highest BCUT2D eigenvalue weighted by Gasteiger charge is 2.28. The van der Waals surface area contributed by atoms with E-state index in [0.717, 1.165) is 6.42 Å². The average molecular weight is 317 g/mol. The zero-order valence-electron chi connectivity index (χ0n) is 12.2. The molecule has 0 saturated heterocycles. The summed E-state index contributed by atoms with van der Waals surface area (Å²) in [5, 5.41) is 5.02. The molecule has 0 unspecified atom stereocenters. The molecule has 1 rings (SSSR count). The maximum Gasteiger partial charge on any atom is 0.188 e.